The predicted octanol–water partition coefficient (Wildman–Crippen LogP) is 2.12. The van der Waals surface area contributed by atoms with Crippen molar-refractivity contribution in [2.75, 3.05) is 25.4 Å². The van der Waals surface area contributed by atoms with Crippen molar-refractivity contribution >= 4 is 17.7 Å². The molecule has 0 spiro atoms. The van der Waals surface area contributed by atoms with Gasteiger partial charge in [0.1, 0.15) is 0 Å². The molecule has 0 bridgehead atoms. The minimum absolute atomic E-state index is 0.110. The van der Waals surface area contributed by atoms with Gasteiger partial charge in [-0.25, -0.2) is 0 Å². The summed E-state index contributed by atoms with van der Waals surface area (Å²) < 4.78 is 0. The Bertz CT molecular complexity index is 250. The second kappa shape index (κ2) is 6.64. The first-order chi connectivity index (χ1) is 7.90. The first-order valence-corrected chi connectivity index (χ1v) is 7.60. The summed E-state index contributed by atoms with van der Waals surface area (Å²) in [5, 5.41) is 3.77. The molecule has 1 rings (SSSR count). The summed E-state index contributed by atoms with van der Waals surface area (Å²) in [7, 11) is 0. The van der Waals surface area contributed by atoms with Crippen molar-refractivity contribution in [1.82, 2.24) is 10.2 Å². The molecule has 0 aromatic heterocycles. The van der Waals surface area contributed by atoms with Crippen LogP contribution in [-0.2, 0) is 4.79 Å². The molecular weight excluding hydrogens is 232 g/mol. The lowest BCUT2D eigenvalue weighted by atomic mass is 10.1. The molecule has 1 aliphatic heterocycles. The van der Waals surface area contributed by atoms with Crippen LogP contribution in [0.5, 0.6) is 0 Å². The number of carbonyl (C=O) groups excluding carboxylic acids is 1. The number of amides is 1. The second-order valence-corrected chi connectivity index (χ2v) is 7.16. The number of nitrogens with zero attached hydrogens (tertiary/aromatic N) is 1. The molecular formula is C13H26N2OS. The molecule has 0 aromatic rings. The van der Waals surface area contributed by atoms with E-state index in [1.807, 2.05) is 20.8 Å². The van der Waals surface area contributed by atoms with Gasteiger partial charge >= 0.3 is 0 Å². The number of hydrogen-bond donors (Lipinski definition) is 1. The Hall–Kier alpha value is -0.220. The maximum absolute atomic E-state index is 11.7. The standard InChI is InChI=1S/C13H26N2OS/c1-5-11-10-15(8-9-17-11)7-6-12(16)14-13(2,3)4/h11H,5-10H2,1-4H3,(H,14,16)/t11-/m0/s1. The van der Waals surface area contributed by atoms with Crippen LogP contribution in [0.1, 0.15) is 40.5 Å². The number of nitrogens with one attached hydrogen (secondary N) is 1. The zero-order valence-corrected chi connectivity index (χ0v) is 12.4. The Morgan fingerprint density at radius 3 is 2.76 bits per heavy atom. The van der Waals surface area contributed by atoms with Gasteiger partial charge in [-0.2, -0.15) is 11.8 Å². The van der Waals surface area contributed by atoms with Crippen molar-refractivity contribution in [1.29, 1.82) is 0 Å². The van der Waals surface area contributed by atoms with Crippen LogP contribution in [0.25, 0.3) is 0 Å². The summed E-state index contributed by atoms with van der Waals surface area (Å²) in [6, 6.07) is 0. The van der Waals surface area contributed by atoms with Gasteiger partial charge in [0, 0.05) is 42.6 Å². The van der Waals surface area contributed by atoms with E-state index in [-0.39, 0.29) is 11.4 Å². The lowest BCUT2D eigenvalue weighted by Gasteiger charge is -2.32. The second-order valence-electron chi connectivity index (χ2n) is 5.75. The molecule has 0 unspecified atom stereocenters. The van der Waals surface area contributed by atoms with Crippen molar-refractivity contribution in [3.05, 3.63) is 0 Å². The predicted molar refractivity (Wildman–Crippen MR) is 75.5 cm³/mol. The zero-order chi connectivity index (χ0) is 12.9. The summed E-state index contributed by atoms with van der Waals surface area (Å²) in [4.78, 5) is 14.1. The first kappa shape index (κ1) is 14.8. The molecule has 3 nitrogen and oxygen atoms in total. The van der Waals surface area contributed by atoms with E-state index in [1.54, 1.807) is 0 Å². The summed E-state index contributed by atoms with van der Waals surface area (Å²) in [5.74, 6) is 1.38. The fourth-order valence-corrected chi connectivity index (χ4v) is 3.22. The van der Waals surface area contributed by atoms with E-state index < -0.39 is 0 Å². The molecule has 17 heavy (non-hydrogen) atoms. The van der Waals surface area contributed by atoms with Crippen LogP contribution in [0.2, 0.25) is 0 Å². The largest absolute Gasteiger partial charge is 0.351 e. The topological polar surface area (TPSA) is 32.3 Å². The third kappa shape index (κ3) is 6.32. The number of thioether (sulfide) groups is 1. The SMILES string of the molecule is CC[C@H]1CN(CCC(=O)NC(C)(C)C)CCS1. The van der Waals surface area contributed by atoms with Gasteiger partial charge in [0.05, 0.1) is 0 Å². The maximum atomic E-state index is 11.7. The van der Waals surface area contributed by atoms with Gasteiger partial charge in [0.25, 0.3) is 0 Å². The van der Waals surface area contributed by atoms with Gasteiger partial charge in [0.2, 0.25) is 5.91 Å². The lowest BCUT2D eigenvalue weighted by Crippen LogP contribution is -2.43. The zero-order valence-electron chi connectivity index (χ0n) is 11.6. The Morgan fingerprint density at radius 1 is 1.47 bits per heavy atom. The Balaban J connectivity index is 2.23. The van der Waals surface area contributed by atoms with Crippen LogP contribution in [0.4, 0.5) is 0 Å². The summed E-state index contributed by atoms with van der Waals surface area (Å²) in [6.45, 7) is 11.5. The molecule has 1 fully saturated rings. The van der Waals surface area contributed by atoms with Crippen LogP contribution in [-0.4, -0.2) is 47.0 Å². The number of carbonyl (C=O) groups is 1. The van der Waals surface area contributed by atoms with Crippen molar-refractivity contribution in [2.45, 2.75) is 51.3 Å². The average Bonchev–Trinajstić information content (AvgIpc) is 2.24. The van der Waals surface area contributed by atoms with E-state index in [4.69, 9.17) is 0 Å². The van der Waals surface area contributed by atoms with Crippen molar-refractivity contribution < 1.29 is 4.79 Å². The quantitative estimate of drug-likeness (QED) is 0.838. The van der Waals surface area contributed by atoms with Crippen LogP contribution in [0.3, 0.4) is 0 Å². The molecule has 1 amide bonds. The van der Waals surface area contributed by atoms with Gasteiger partial charge in [-0.1, -0.05) is 6.92 Å². The molecule has 0 aromatic carbocycles. The molecule has 1 heterocycles. The molecule has 1 aliphatic rings. The monoisotopic (exact) mass is 258 g/mol. The number of rotatable bonds is 4. The van der Waals surface area contributed by atoms with Gasteiger partial charge in [0.15, 0.2) is 0 Å². The molecule has 1 atom stereocenters. The Labute approximate surface area is 110 Å². The van der Waals surface area contributed by atoms with E-state index in [2.05, 4.69) is 28.9 Å². The average molecular weight is 258 g/mol. The van der Waals surface area contributed by atoms with E-state index in [0.29, 0.717) is 6.42 Å². The third-order valence-electron chi connectivity index (χ3n) is 2.85. The fourth-order valence-electron chi connectivity index (χ4n) is 1.97. The van der Waals surface area contributed by atoms with Crippen LogP contribution < -0.4 is 5.32 Å². The molecule has 0 aliphatic carbocycles. The van der Waals surface area contributed by atoms with E-state index in [9.17, 15) is 4.79 Å². The lowest BCUT2D eigenvalue weighted by molar-refractivity contribution is -0.122. The minimum Gasteiger partial charge on any atom is -0.351 e. The highest BCUT2D eigenvalue weighted by molar-refractivity contribution is 8.00. The van der Waals surface area contributed by atoms with Crippen LogP contribution >= 0.6 is 11.8 Å². The van der Waals surface area contributed by atoms with Crippen molar-refractivity contribution in [3.8, 4) is 0 Å². The fraction of sp³-hybridized carbons (Fsp3) is 0.923. The van der Waals surface area contributed by atoms with Gasteiger partial charge in [-0.15, -0.1) is 0 Å². The molecule has 1 saturated heterocycles. The summed E-state index contributed by atoms with van der Waals surface area (Å²) in [5.41, 5.74) is -0.110. The highest BCUT2D eigenvalue weighted by Crippen LogP contribution is 2.20. The Morgan fingerprint density at radius 2 is 2.18 bits per heavy atom. The summed E-state index contributed by atoms with van der Waals surface area (Å²) in [6.07, 6.45) is 1.85. The third-order valence-corrected chi connectivity index (χ3v) is 4.22. The van der Waals surface area contributed by atoms with Gasteiger partial charge in [-0.3, -0.25) is 4.79 Å². The molecule has 100 valence electrons. The molecule has 1 N–H and O–H groups in total. The molecule has 0 radical (unpaired) electrons. The van der Waals surface area contributed by atoms with Crippen LogP contribution in [0, 0.1) is 0 Å². The van der Waals surface area contributed by atoms with E-state index in [1.165, 1.54) is 12.2 Å². The Kier molecular flexibility index (Phi) is 5.80. The van der Waals surface area contributed by atoms with Gasteiger partial charge < -0.3 is 10.2 Å². The van der Waals surface area contributed by atoms with Crippen molar-refractivity contribution in [3.63, 3.8) is 0 Å². The maximum Gasteiger partial charge on any atom is 0.221 e. The van der Waals surface area contributed by atoms with Gasteiger partial charge in [-0.05, 0) is 27.2 Å². The van der Waals surface area contributed by atoms with Crippen molar-refractivity contribution in [2.24, 2.45) is 0 Å². The summed E-state index contributed by atoms with van der Waals surface area (Å²) >= 11 is 2.07. The smallest absolute Gasteiger partial charge is 0.221 e. The molecule has 0 saturated carbocycles. The minimum atomic E-state index is -0.110. The first-order valence-electron chi connectivity index (χ1n) is 6.55. The van der Waals surface area contributed by atoms with Crippen LogP contribution in [0.15, 0.2) is 0 Å². The van der Waals surface area contributed by atoms with E-state index >= 15 is 0 Å². The molecule has 4 heteroatoms. The normalized spacial score (nSPS) is 22.5. The highest BCUT2D eigenvalue weighted by atomic mass is 32.2. The highest BCUT2D eigenvalue weighted by Gasteiger charge is 2.20. The van der Waals surface area contributed by atoms with E-state index in [0.717, 1.165) is 24.9 Å². The number of hydrogen-bond acceptors (Lipinski definition) is 3.